The summed E-state index contributed by atoms with van der Waals surface area (Å²) in [5.74, 6) is -22.4. The molecule has 4 aliphatic rings. The number of carboxylic acids is 1. The largest absolute Gasteiger partial charge is 0.491 e. The van der Waals surface area contributed by atoms with Crippen molar-refractivity contribution in [3.05, 3.63) is 70.6 Å². The Morgan fingerprint density at radius 1 is 0.882 bits per heavy atom. The van der Waals surface area contributed by atoms with E-state index < -0.39 is 111 Å². The molecule has 2 heterocycles. The van der Waals surface area contributed by atoms with Crippen molar-refractivity contribution in [2.75, 3.05) is 24.7 Å². The number of carbonyl (C=O) groups excluding carboxylic acids is 4. The summed E-state index contributed by atoms with van der Waals surface area (Å²) in [5, 5.41) is 18.4. The van der Waals surface area contributed by atoms with Crippen LogP contribution in [0.15, 0.2) is 35.9 Å². The SMILES string of the molecule is O=C(O)CCCCCN1C(=O)[C@H]2[C@H](CC=C3[C@H]2C[C@@]2(Cl)C(=O)N(c4c(F)c(F)c(F)c(F)c4F)C(=O)[C@@]2(Cl)[C@H]3c2ccccc2OCCO)C1=O. The number of aliphatic carboxylic acids is 1. The molecule has 0 spiro atoms. The Labute approximate surface area is 296 Å². The third-order valence-electron chi connectivity index (χ3n) is 10.2. The normalized spacial score (nSPS) is 28.5. The van der Waals surface area contributed by atoms with Crippen LogP contribution in [0.5, 0.6) is 5.75 Å². The summed E-state index contributed by atoms with van der Waals surface area (Å²) in [6.07, 6.45) is 1.82. The van der Waals surface area contributed by atoms with E-state index in [9.17, 15) is 42.3 Å². The van der Waals surface area contributed by atoms with Gasteiger partial charge in [-0.2, -0.15) is 0 Å². The molecule has 4 amide bonds. The van der Waals surface area contributed by atoms with Crippen molar-refractivity contribution < 1.29 is 60.9 Å². The summed E-state index contributed by atoms with van der Waals surface area (Å²) in [4.78, 5) is 62.6. The summed E-state index contributed by atoms with van der Waals surface area (Å²) in [5.41, 5.74) is -1.53. The quantitative estimate of drug-likeness (QED) is 0.0624. The van der Waals surface area contributed by atoms with Crippen molar-refractivity contribution in [3.63, 3.8) is 0 Å². The number of imide groups is 2. The van der Waals surface area contributed by atoms with E-state index in [0.717, 1.165) is 4.90 Å². The zero-order valence-electron chi connectivity index (χ0n) is 26.4. The molecule has 2 aromatic carbocycles. The number of hydrogen-bond acceptors (Lipinski definition) is 7. The van der Waals surface area contributed by atoms with Gasteiger partial charge in [0.2, 0.25) is 17.6 Å². The second-order valence-electron chi connectivity index (χ2n) is 12.8. The number of ether oxygens (including phenoxy) is 1. The Hall–Kier alpha value is -4.08. The number of carbonyl (C=O) groups is 5. The van der Waals surface area contributed by atoms with Gasteiger partial charge in [-0.05, 0) is 37.7 Å². The van der Waals surface area contributed by atoms with Gasteiger partial charge in [0.15, 0.2) is 33.0 Å². The summed E-state index contributed by atoms with van der Waals surface area (Å²) in [6.45, 7) is -0.728. The number of anilines is 1. The Morgan fingerprint density at radius 2 is 1.53 bits per heavy atom. The van der Waals surface area contributed by atoms with Gasteiger partial charge in [0, 0.05) is 24.4 Å². The minimum Gasteiger partial charge on any atom is -0.491 e. The third-order valence-corrected chi connectivity index (χ3v) is 11.6. The Bertz CT molecular complexity index is 1870. The molecule has 2 aliphatic carbocycles. The van der Waals surface area contributed by atoms with Crippen LogP contribution in [0.4, 0.5) is 27.6 Å². The number of unbranched alkanes of at least 4 members (excludes halogenated alkanes) is 2. The summed E-state index contributed by atoms with van der Waals surface area (Å²) in [7, 11) is 0. The summed E-state index contributed by atoms with van der Waals surface area (Å²) < 4.78 is 79.1. The number of amides is 4. The number of aliphatic hydroxyl groups is 1. The number of allylic oxidation sites excluding steroid dienone is 2. The Kier molecular flexibility index (Phi) is 9.70. The minimum absolute atomic E-state index is 0.0233. The van der Waals surface area contributed by atoms with Crippen molar-refractivity contribution >= 4 is 58.5 Å². The van der Waals surface area contributed by atoms with Crippen molar-refractivity contribution in [3.8, 4) is 5.75 Å². The molecule has 0 aromatic heterocycles. The molecule has 2 aromatic rings. The van der Waals surface area contributed by atoms with Crippen LogP contribution in [-0.2, 0) is 24.0 Å². The molecule has 6 atom stereocenters. The first kappa shape index (κ1) is 36.7. The molecule has 1 saturated carbocycles. The molecule has 272 valence electrons. The number of aliphatic hydroxyl groups excluding tert-OH is 1. The Balaban J connectivity index is 1.49. The predicted octanol–water partition coefficient (Wildman–Crippen LogP) is 4.96. The lowest BCUT2D eigenvalue weighted by Crippen LogP contribution is -2.60. The molecule has 0 radical (unpaired) electrons. The molecule has 17 heteroatoms. The van der Waals surface area contributed by atoms with Crippen molar-refractivity contribution in [2.24, 2.45) is 17.8 Å². The monoisotopic (exact) mass is 758 g/mol. The number of nitrogens with zero attached hydrogens (tertiary/aromatic N) is 2. The maximum Gasteiger partial charge on any atom is 0.303 e. The highest BCUT2D eigenvalue weighted by Crippen LogP contribution is 2.66. The lowest BCUT2D eigenvalue weighted by Gasteiger charge is -2.51. The first-order valence-electron chi connectivity index (χ1n) is 16.0. The van der Waals surface area contributed by atoms with Crippen LogP contribution >= 0.6 is 23.2 Å². The van der Waals surface area contributed by atoms with Gasteiger partial charge in [0.1, 0.15) is 18.0 Å². The highest BCUT2D eigenvalue weighted by atomic mass is 35.5. The van der Waals surface area contributed by atoms with Crippen molar-refractivity contribution in [1.29, 1.82) is 0 Å². The summed E-state index contributed by atoms with van der Waals surface area (Å²) in [6, 6.07) is 5.92. The molecular weight excluding hydrogens is 730 g/mol. The van der Waals surface area contributed by atoms with Crippen LogP contribution in [0.3, 0.4) is 0 Å². The number of likely N-dealkylation sites (tertiary alicyclic amines) is 1. The second-order valence-corrected chi connectivity index (χ2v) is 14.1. The van der Waals surface area contributed by atoms with Gasteiger partial charge < -0.3 is 14.9 Å². The number of rotatable bonds is 11. The molecule has 6 rings (SSSR count). The van der Waals surface area contributed by atoms with Crippen LogP contribution in [-0.4, -0.2) is 74.2 Å². The number of para-hydroxylation sites is 1. The number of fused-ring (bicyclic) bond motifs is 4. The van der Waals surface area contributed by atoms with E-state index in [4.69, 9.17) is 33.0 Å². The van der Waals surface area contributed by atoms with E-state index in [2.05, 4.69) is 0 Å². The van der Waals surface area contributed by atoms with Crippen LogP contribution in [0, 0.1) is 46.8 Å². The van der Waals surface area contributed by atoms with Gasteiger partial charge in [0.25, 0.3) is 11.8 Å². The molecule has 0 unspecified atom stereocenters. The van der Waals surface area contributed by atoms with Crippen LogP contribution in [0.1, 0.15) is 50.0 Å². The topological polar surface area (TPSA) is 142 Å². The average Bonchev–Trinajstić information content (AvgIpc) is 3.43. The zero-order valence-corrected chi connectivity index (χ0v) is 28.0. The second kappa shape index (κ2) is 13.5. The maximum atomic E-state index is 15.2. The first-order valence-corrected chi connectivity index (χ1v) is 16.8. The van der Waals surface area contributed by atoms with Gasteiger partial charge in [0.05, 0.1) is 18.4 Å². The maximum absolute atomic E-state index is 15.2. The van der Waals surface area contributed by atoms with E-state index >= 15 is 8.78 Å². The van der Waals surface area contributed by atoms with Crippen molar-refractivity contribution in [2.45, 2.75) is 54.2 Å². The van der Waals surface area contributed by atoms with E-state index in [1.54, 1.807) is 6.08 Å². The minimum atomic E-state index is -2.71. The number of alkyl halides is 2. The molecule has 0 bridgehead atoms. The van der Waals surface area contributed by atoms with Gasteiger partial charge in [-0.1, -0.05) is 36.3 Å². The van der Waals surface area contributed by atoms with Crippen LogP contribution in [0.25, 0.3) is 0 Å². The van der Waals surface area contributed by atoms with E-state index in [0.29, 0.717) is 19.3 Å². The molecule has 3 fully saturated rings. The predicted molar refractivity (Wildman–Crippen MR) is 168 cm³/mol. The fourth-order valence-corrected chi connectivity index (χ4v) is 8.85. The third kappa shape index (κ3) is 5.41. The lowest BCUT2D eigenvalue weighted by atomic mass is 9.56. The summed E-state index contributed by atoms with van der Waals surface area (Å²) >= 11 is 14.3. The van der Waals surface area contributed by atoms with Crippen LogP contribution < -0.4 is 9.64 Å². The van der Waals surface area contributed by atoms with E-state index in [1.165, 1.54) is 24.3 Å². The van der Waals surface area contributed by atoms with Crippen LogP contribution in [0.2, 0.25) is 0 Å². The molecular formula is C34H29Cl2F5N2O8. The standard InChI is InChI=1S/C34H29Cl2F5N2O8/c35-33-14-18-15(9-10-17-21(18)30(48)42(29(17)47)11-5-1-2-8-20(45)46)22(16-6-3-4-7-19(16)51-13-12-44)34(33,36)32(50)43(31(33)49)28-26(40)24(38)23(37)25(39)27(28)41/h3-4,6-7,9,17-18,21-22,44H,1-2,5,8,10-14H2,(H,45,46)/t17-,18+,21-,22+,33+,34-/m0/s1. The molecule has 2 N–H and O–H groups in total. The smallest absolute Gasteiger partial charge is 0.303 e. The zero-order chi connectivity index (χ0) is 37.2. The number of carboxylic acid groups (broad SMARTS) is 1. The molecule has 2 saturated heterocycles. The van der Waals surface area contributed by atoms with Gasteiger partial charge >= 0.3 is 5.97 Å². The lowest BCUT2D eigenvalue weighted by molar-refractivity contribution is -0.141. The van der Waals surface area contributed by atoms with E-state index in [1.807, 2.05) is 0 Å². The highest BCUT2D eigenvalue weighted by Gasteiger charge is 2.77. The Morgan fingerprint density at radius 3 is 2.18 bits per heavy atom. The fraction of sp³-hybridized carbons (Fsp3) is 0.441. The molecule has 51 heavy (non-hydrogen) atoms. The molecule has 10 nitrogen and oxygen atoms in total. The number of benzene rings is 2. The average molecular weight is 760 g/mol. The number of hydrogen-bond donors (Lipinski definition) is 2. The van der Waals surface area contributed by atoms with Gasteiger partial charge in [-0.15, -0.1) is 23.2 Å². The molecule has 2 aliphatic heterocycles. The fourth-order valence-electron chi connectivity index (χ4n) is 7.93. The van der Waals surface area contributed by atoms with Gasteiger partial charge in [-0.3, -0.25) is 28.9 Å². The number of halogens is 7. The highest BCUT2D eigenvalue weighted by molar-refractivity contribution is 6.58. The van der Waals surface area contributed by atoms with E-state index in [-0.39, 0.29) is 47.8 Å². The van der Waals surface area contributed by atoms with Crippen molar-refractivity contribution in [1.82, 2.24) is 4.90 Å². The van der Waals surface area contributed by atoms with Gasteiger partial charge in [-0.25, -0.2) is 26.9 Å². The first-order chi connectivity index (χ1) is 24.1.